The van der Waals surface area contributed by atoms with Gasteiger partial charge in [-0.15, -0.1) is 0 Å². The lowest BCUT2D eigenvalue weighted by atomic mass is 10.1. The normalized spacial score (nSPS) is 11.8. The Bertz CT molecular complexity index is 705. The summed E-state index contributed by atoms with van der Waals surface area (Å²) in [7, 11) is 3.59. The van der Waals surface area contributed by atoms with Gasteiger partial charge in [0.2, 0.25) is 0 Å². The molecule has 0 bridgehead atoms. The number of halogens is 1. The fourth-order valence-corrected chi connectivity index (χ4v) is 2.13. The summed E-state index contributed by atoms with van der Waals surface area (Å²) in [6, 6.07) is 15.2. The first kappa shape index (κ1) is 16.0. The highest BCUT2D eigenvalue weighted by Gasteiger charge is 2.19. The molecule has 0 saturated carbocycles. The van der Waals surface area contributed by atoms with E-state index in [0.29, 0.717) is 21.9 Å². The zero-order valence-corrected chi connectivity index (χ0v) is 13.0. The maximum Gasteiger partial charge on any atom is 0.343 e. The highest BCUT2D eigenvalue weighted by atomic mass is 35.5. The molecule has 1 unspecified atom stereocenters. The summed E-state index contributed by atoms with van der Waals surface area (Å²) in [5.74, 6) is -0.109. The van der Waals surface area contributed by atoms with Crippen LogP contribution in [-0.2, 0) is 0 Å². The number of carbonyl (C=O) groups is 1. The minimum absolute atomic E-state index is 0.377. The van der Waals surface area contributed by atoms with Crippen LogP contribution >= 0.6 is 11.6 Å². The molecule has 2 aromatic carbocycles. The lowest BCUT2D eigenvalue weighted by Crippen LogP contribution is -2.20. The van der Waals surface area contributed by atoms with Crippen LogP contribution < -0.4 is 4.74 Å². The minimum Gasteiger partial charge on any atom is -0.423 e. The predicted octanol–water partition coefficient (Wildman–Crippen LogP) is 3.69. The van der Waals surface area contributed by atoms with Crippen molar-refractivity contribution in [3.05, 3.63) is 64.7 Å². The molecule has 0 N–H and O–H groups in total. The van der Waals surface area contributed by atoms with E-state index in [2.05, 4.69) is 6.07 Å². The number of nitriles is 1. The van der Waals surface area contributed by atoms with Gasteiger partial charge in [0.15, 0.2) is 0 Å². The Balaban J connectivity index is 2.28. The summed E-state index contributed by atoms with van der Waals surface area (Å²) in [5.41, 5.74) is 1.05. The van der Waals surface area contributed by atoms with E-state index in [1.54, 1.807) is 61.5 Å². The smallest absolute Gasteiger partial charge is 0.343 e. The highest BCUT2D eigenvalue weighted by Crippen LogP contribution is 2.28. The number of esters is 1. The van der Waals surface area contributed by atoms with Crippen molar-refractivity contribution in [2.75, 3.05) is 14.1 Å². The van der Waals surface area contributed by atoms with E-state index in [9.17, 15) is 10.1 Å². The summed E-state index contributed by atoms with van der Waals surface area (Å²) in [5, 5.41) is 9.86. The van der Waals surface area contributed by atoms with Gasteiger partial charge >= 0.3 is 5.97 Å². The van der Waals surface area contributed by atoms with Crippen LogP contribution in [0.15, 0.2) is 48.5 Å². The third-order valence-electron chi connectivity index (χ3n) is 3.13. The fraction of sp³-hybridized carbons (Fsp3) is 0.176. The van der Waals surface area contributed by atoms with Gasteiger partial charge in [-0.05, 0) is 44.4 Å². The Morgan fingerprint density at radius 3 is 2.41 bits per heavy atom. The number of para-hydroxylation sites is 1. The van der Waals surface area contributed by atoms with E-state index in [-0.39, 0.29) is 0 Å². The molecule has 0 radical (unpaired) electrons. The molecule has 22 heavy (non-hydrogen) atoms. The molecule has 112 valence electrons. The average molecular weight is 315 g/mol. The number of hydrogen-bond acceptors (Lipinski definition) is 4. The van der Waals surface area contributed by atoms with E-state index < -0.39 is 12.0 Å². The molecule has 0 amide bonds. The van der Waals surface area contributed by atoms with Gasteiger partial charge in [-0.3, -0.25) is 4.90 Å². The summed E-state index contributed by atoms with van der Waals surface area (Å²) in [6.07, 6.45) is 0. The Morgan fingerprint density at radius 1 is 1.18 bits per heavy atom. The molecular formula is C17H15ClN2O2. The highest BCUT2D eigenvalue weighted by molar-refractivity contribution is 6.30. The summed E-state index contributed by atoms with van der Waals surface area (Å²) < 4.78 is 5.44. The van der Waals surface area contributed by atoms with Crippen LogP contribution in [-0.4, -0.2) is 25.0 Å². The lowest BCUT2D eigenvalue weighted by Gasteiger charge is -2.19. The molecular weight excluding hydrogens is 300 g/mol. The third kappa shape index (κ3) is 3.64. The Kier molecular flexibility index (Phi) is 5.16. The Labute approximate surface area is 134 Å². The molecule has 2 rings (SSSR count). The van der Waals surface area contributed by atoms with E-state index in [0.717, 1.165) is 0 Å². The zero-order chi connectivity index (χ0) is 16.1. The van der Waals surface area contributed by atoms with Gasteiger partial charge in [0.1, 0.15) is 11.8 Å². The van der Waals surface area contributed by atoms with Crippen molar-refractivity contribution in [3.63, 3.8) is 0 Å². The molecule has 5 heteroatoms. The number of benzene rings is 2. The second-order valence-electron chi connectivity index (χ2n) is 4.93. The summed E-state index contributed by atoms with van der Waals surface area (Å²) >= 11 is 5.80. The van der Waals surface area contributed by atoms with Crippen LogP contribution in [0, 0.1) is 11.3 Å². The number of hydrogen-bond donors (Lipinski definition) is 0. The van der Waals surface area contributed by atoms with Crippen molar-refractivity contribution in [1.82, 2.24) is 4.90 Å². The molecule has 0 spiro atoms. The van der Waals surface area contributed by atoms with Gasteiger partial charge in [-0.2, -0.15) is 5.26 Å². The Morgan fingerprint density at radius 2 is 1.82 bits per heavy atom. The molecule has 4 nitrogen and oxygen atoms in total. The maximum atomic E-state index is 12.2. The van der Waals surface area contributed by atoms with Crippen LogP contribution in [0.1, 0.15) is 22.0 Å². The van der Waals surface area contributed by atoms with Crippen molar-refractivity contribution in [3.8, 4) is 11.8 Å². The van der Waals surface area contributed by atoms with Gasteiger partial charge in [-0.25, -0.2) is 4.79 Å². The van der Waals surface area contributed by atoms with E-state index in [4.69, 9.17) is 16.3 Å². The lowest BCUT2D eigenvalue weighted by molar-refractivity contribution is 0.0731. The molecule has 0 saturated heterocycles. The molecule has 0 aliphatic heterocycles. The largest absolute Gasteiger partial charge is 0.423 e. The number of ether oxygens (including phenoxy) is 1. The molecule has 0 aliphatic rings. The minimum atomic E-state index is -0.491. The maximum absolute atomic E-state index is 12.2. The molecule has 0 heterocycles. The first-order valence-corrected chi connectivity index (χ1v) is 7.03. The monoisotopic (exact) mass is 314 g/mol. The second kappa shape index (κ2) is 7.08. The topological polar surface area (TPSA) is 53.3 Å². The van der Waals surface area contributed by atoms with Crippen molar-refractivity contribution >= 4 is 17.6 Å². The van der Waals surface area contributed by atoms with Crippen LogP contribution in [0.5, 0.6) is 5.75 Å². The summed E-state index contributed by atoms with van der Waals surface area (Å²) in [6.45, 7) is 0. The van der Waals surface area contributed by atoms with Crippen molar-refractivity contribution in [1.29, 1.82) is 5.26 Å². The average Bonchev–Trinajstić information content (AvgIpc) is 2.50. The SMILES string of the molecule is CN(C)C(C#N)c1ccccc1OC(=O)c1ccc(Cl)cc1. The quantitative estimate of drug-likeness (QED) is 0.638. The van der Waals surface area contributed by atoms with Crippen LogP contribution in [0.4, 0.5) is 0 Å². The first-order valence-electron chi connectivity index (χ1n) is 6.65. The number of rotatable bonds is 4. The van der Waals surface area contributed by atoms with Crippen molar-refractivity contribution < 1.29 is 9.53 Å². The fourth-order valence-electron chi connectivity index (χ4n) is 2.01. The summed E-state index contributed by atoms with van der Waals surface area (Å²) in [4.78, 5) is 14.0. The van der Waals surface area contributed by atoms with Gasteiger partial charge in [0.25, 0.3) is 0 Å². The van der Waals surface area contributed by atoms with Gasteiger partial charge in [0, 0.05) is 10.6 Å². The van der Waals surface area contributed by atoms with E-state index >= 15 is 0 Å². The second-order valence-corrected chi connectivity index (χ2v) is 5.37. The van der Waals surface area contributed by atoms with Gasteiger partial charge in [-0.1, -0.05) is 29.8 Å². The van der Waals surface area contributed by atoms with Crippen LogP contribution in [0.2, 0.25) is 5.02 Å². The van der Waals surface area contributed by atoms with E-state index in [1.807, 2.05) is 6.07 Å². The van der Waals surface area contributed by atoms with Crippen molar-refractivity contribution in [2.45, 2.75) is 6.04 Å². The standard InChI is InChI=1S/C17H15ClN2O2/c1-20(2)15(11-19)14-5-3-4-6-16(14)22-17(21)12-7-9-13(18)10-8-12/h3-10,15H,1-2H3. The van der Waals surface area contributed by atoms with Gasteiger partial charge in [0.05, 0.1) is 11.6 Å². The van der Waals surface area contributed by atoms with Crippen LogP contribution in [0.3, 0.4) is 0 Å². The molecule has 0 fully saturated rings. The Hall–Kier alpha value is -2.35. The van der Waals surface area contributed by atoms with E-state index in [1.165, 1.54) is 0 Å². The van der Waals surface area contributed by atoms with Crippen LogP contribution in [0.25, 0.3) is 0 Å². The first-order chi connectivity index (χ1) is 10.5. The van der Waals surface area contributed by atoms with Gasteiger partial charge < -0.3 is 4.74 Å². The zero-order valence-electron chi connectivity index (χ0n) is 12.3. The molecule has 0 aromatic heterocycles. The van der Waals surface area contributed by atoms with Crippen molar-refractivity contribution in [2.24, 2.45) is 0 Å². The molecule has 0 aliphatic carbocycles. The number of carbonyl (C=O) groups excluding carboxylic acids is 1. The number of nitrogens with zero attached hydrogens (tertiary/aromatic N) is 2. The molecule has 2 aromatic rings. The predicted molar refractivity (Wildman–Crippen MR) is 84.9 cm³/mol. The molecule has 1 atom stereocenters. The third-order valence-corrected chi connectivity index (χ3v) is 3.39.